The fourth-order valence-electron chi connectivity index (χ4n) is 1.09. The van der Waals surface area contributed by atoms with Crippen LogP contribution in [0.25, 0.3) is 5.52 Å². The van der Waals surface area contributed by atoms with E-state index in [0.29, 0.717) is 0 Å². The topological polar surface area (TPSA) is 26.5 Å². The van der Waals surface area contributed by atoms with Crippen LogP contribution in [0.2, 0.25) is 0 Å². The molecule has 0 saturated carbocycles. The van der Waals surface area contributed by atoms with E-state index in [1.54, 1.807) is 17.8 Å². The largest absolute Gasteiger partial charge is 0.494 e. The third kappa shape index (κ3) is 0.992. The molecule has 0 radical (unpaired) electrons. The summed E-state index contributed by atoms with van der Waals surface area (Å²) in [6.07, 6.45) is 1.75. The van der Waals surface area contributed by atoms with Crippen molar-refractivity contribution in [2.24, 2.45) is 0 Å². The summed E-state index contributed by atoms with van der Waals surface area (Å²) in [7, 11) is 1.63. The lowest BCUT2D eigenvalue weighted by Gasteiger charge is -2.03. The highest BCUT2D eigenvalue weighted by atomic mass is 79.9. The lowest BCUT2D eigenvalue weighted by Crippen LogP contribution is -1.93. The van der Waals surface area contributed by atoms with Crippen molar-refractivity contribution in [3.63, 3.8) is 0 Å². The minimum Gasteiger partial charge on any atom is -0.494 e. The third-order valence-corrected chi connectivity index (χ3v) is 2.41. The molecule has 0 spiro atoms. The van der Waals surface area contributed by atoms with Gasteiger partial charge in [-0.1, -0.05) is 0 Å². The molecule has 0 N–H and O–H groups in total. The minimum absolute atomic E-state index is 0.784. The molecule has 2 aromatic rings. The lowest BCUT2D eigenvalue weighted by molar-refractivity contribution is 0.408. The van der Waals surface area contributed by atoms with E-state index in [1.165, 1.54) is 0 Å². The molecular formula is C8H7BrN2O. The first-order chi connectivity index (χ1) is 5.83. The van der Waals surface area contributed by atoms with Crippen molar-refractivity contribution >= 4 is 21.4 Å². The van der Waals surface area contributed by atoms with E-state index in [4.69, 9.17) is 4.74 Å². The summed E-state index contributed by atoms with van der Waals surface area (Å²) in [5, 5.41) is 4.12. The molecule has 4 heteroatoms. The van der Waals surface area contributed by atoms with Gasteiger partial charge in [-0.3, -0.25) is 0 Å². The normalized spacial score (nSPS) is 10.5. The summed E-state index contributed by atoms with van der Waals surface area (Å²) in [5.74, 6) is 0.784. The van der Waals surface area contributed by atoms with E-state index in [0.717, 1.165) is 15.9 Å². The lowest BCUT2D eigenvalue weighted by atomic mass is 10.4. The summed E-state index contributed by atoms with van der Waals surface area (Å²) in [6, 6.07) is 5.79. The fourth-order valence-corrected chi connectivity index (χ4v) is 1.68. The molecule has 0 aliphatic rings. The molecule has 0 bridgehead atoms. The molecule has 0 fully saturated rings. The average Bonchev–Trinajstić information content (AvgIpc) is 2.53. The van der Waals surface area contributed by atoms with E-state index < -0.39 is 0 Å². The van der Waals surface area contributed by atoms with Crippen LogP contribution in [0.15, 0.2) is 29.0 Å². The van der Waals surface area contributed by atoms with Crippen LogP contribution >= 0.6 is 15.9 Å². The third-order valence-electron chi connectivity index (χ3n) is 1.69. The smallest absolute Gasteiger partial charge is 0.151 e. The van der Waals surface area contributed by atoms with Gasteiger partial charge in [-0.05, 0) is 34.1 Å². The van der Waals surface area contributed by atoms with Gasteiger partial charge in [-0.25, -0.2) is 4.52 Å². The summed E-state index contributed by atoms with van der Waals surface area (Å²) in [5.41, 5.74) is 1.04. The zero-order valence-corrected chi connectivity index (χ0v) is 8.08. The highest BCUT2D eigenvalue weighted by Gasteiger charge is 2.03. The molecule has 0 amide bonds. The van der Waals surface area contributed by atoms with Crippen LogP contribution in [-0.4, -0.2) is 16.7 Å². The quantitative estimate of drug-likeness (QED) is 0.697. The van der Waals surface area contributed by atoms with Crippen LogP contribution in [-0.2, 0) is 0 Å². The maximum absolute atomic E-state index is 5.11. The van der Waals surface area contributed by atoms with Gasteiger partial charge in [0.2, 0.25) is 0 Å². The van der Waals surface area contributed by atoms with Gasteiger partial charge >= 0.3 is 0 Å². The van der Waals surface area contributed by atoms with Crippen LogP contribution < -0.4 is 4.74 Å². The number of fused-ring (bicyclic) bond motifs is 1. The van der Waals surface area contributed by atoms with Gasteiger partial charge in [0.1, 0.15) is 4.60 Å². The second kappa shape index (κ2) is 2.79. The number of pyridine rings is 1. The van der Waals surface area contributed by atoms with Crippen LogP contribution in [0.3, 0.4) is 0 Å². The number of hydrogen-bond donors (Lipinski definition) is 0. The second-order valence-electron chi connectivity index (χ2n) is 2.36. The Hall–Kier alpha value is -1.03. The summed E-state index contributed by atoms with van der Waals surface area (Å²) in [6.45, 7) is 0. The Morgan fingerprint density at radius 1 is 1.42 bits per heavy atom. The van der Waals surface area contributed by atoms with E-state index in [1.807, 2.05) is 18.2 Å². The standard InChI is InChI=1S/C8H7BrN2O/c1-12-7-3-2-6-4-5-10-11(6)8(7)9/h2-5H,1H3. The molecule has 0 atom stereocenters. The van der Waals surface area contributed by atoms with Crippen molar-refractivity contribution < 1.29 is 4.74 Å². The minimum atomic E-state index is 0.784. The van der Waals surface area contributed by atoms with Gasteiger partial charge in [-0.15, -0.1) is 0 Å². The maximum Gasteiger partial charge on any atom is 0.151 e. The van der Waals surface area contributed by atoms with Crippen LogP contribution in [0.4, 0.5) is 0 Å². The highest BCUT2D eigenvalue weighted by molar-refractivity contribution is 9.10. The van der Waals surface area contributed by atoms with Gasteiger partial charge in [0, 0.05) is 0 Å². The molecular weight excluding hydrogens is 220 g/mol. The van der Waals surface area contributed by atoms with E-state index in [-0.39, 0.29) is 0 Å². The Morgan fingerprint density at radius 3 is 3.00 bits per heavy atom. The van der Waals surface area contributed by atoms with E-state index in [2.05, 4.69) is 21.0 Å². The Kier molecular flexibility index (Phi) is 1.77. The Morgan fingerprint density at radius 2 is 2.25 bits per heavy atom. The molecule has 62 valence electrons. The molecule has 12 heavy (non-hydrogen) atoms. The second-order valence-corrected chi connectivity index (χ2v) is 3.11. The van der Waals surface area contributed by atoms with E-state index >= 15 is 0 Å². The Balaban J connectivity index is 2.78. The number of hydrogen-bond acceptors (Lipinski definition) is 2. The monoisotopic (exact) mass is 226 g/mol. The maximum atomic E-state index is 5.11. The van der Waals surface area contributed by atoms with Gasteiger partial charge in [0.15, 0.2) is 5.75 Å². The summed E-state index contributed by atoms with van der Waals surface area (Å²) in [4.78, 5) is 0. The van der Waals surface area contributed by atoms with Crippen LogP contribution in [0.1, 0.15) is 0 Å². The molecule has 0 saturated heterocycles. The average molecular weight is 227 g/mol. The zero-order chi connectivity index (χ0) is 8.55. The van der Waals surface area contributed by atoms with Crippen molar-refractivity contribution in [1.82, 2.24) is 9.61 Å². The molecule has 2 heterocycles. The van der Waals surface area contributed by atoms with Gasteiger partial charge in [0.25, 0.3) is 0 Å². The molecule has 0 aliphatic carbocycles. The number of methoxy groups -OCH3 is 1. The highest BCUT2D eigenvalue weighted by Crippen LogP contribution is 2.24. The predicted molar refractivity (Wildman–Crippen MR) is 49.4 cm³/mol. The van der Waals surface area contributed by atoms with Crippen molar-refractivity contribution in [2.45, 2.75) is 0 Å². The van der Waals surface area contributed by atoms with Crippen LogP contribution in [0, 0.1) is 0 Å². The first kappa shape index (κ1) is 7.61. The fraction of sp³-hybridized carbons (Fsp3) is 0.125. The van der Waals surface area contributed by atoms with Crippen molar-refractivity contribution in [1.29, 1.82) is 0 Å². The summed E-state index contributed by atoms with van der Waals surface area (Å²) < 4.78 is 7.73. The molecule has 3 nitrogen and oxygen atoms in total. The van der Waals surface area contributed by atoms with Gasteiger partial charge < -0.3 is 4.74 Å². The number of aromatic nitrogens is 2. The molecule has 2 aromatic heterocycles. The van der Waals surface area contributed by atoms with E-state index in [9.17, 15) is 0 Å². The number of halogens is 1. The Bertz CT molecular complexity index is 410. The number of ether oxygens (including phenoxy) is 1. The predicted octanol–water partition coefficient (Wildman–Crippen LogP) is 2.11. The Labute approximate surface area is 78.1 Å². The SMILES string of the molecule is COc1ccc2ccnn2c1Br. The first-order valence-corrected chi connectivity index (χ1v) is 4.28. The molecule has 2 rings (SSSR count). The molecule has 0 aliphatic heterocycles. The van der Waals surface area contributed by atoms with Crippen molar-refractivity contribution in [2.75, 3.05) is 7.11 Å². The van der Waals surface area contributed by atoms with Crippen molar-refractivity contribution in [3.05, 3.63) is 29.0 Å². The van der Waals surface area contributed by atoms with Gasteiger partial charge in [-0.2, -0.15) is 5.10 Å². The molecule has 0 unspecified atom stereocenters. The first-order valence-electron chi connectivity index (χ1n) is 3.49. The van der Waals surface area contributed by atoms with Gasteiger partial charge in [0.05, 0.1) is 18.8 Å². The number of rotatable bonds is 1. The molecule has 0 aromatic carbocycles. The van der Waals surface area contributed by atoms with Crippen molar-refractivity contribution in [3.8, 4) is 5.75 Å². The number of nitrogens with zero attached hydrogens (tertiary/aromatic N) is 2. The van der Waals surface area contributed by atoms with Crippen LogP contribution in [0.5, 0.6) is 5.75 Å². The zero-order valence-electron chi connectivity index (χ0n) is 6.49. The summed E-state index contributed by atoms with van der Waals surface area (Å²) >= 11 is 3.40.